The van der Waals surface area contributed by atoms with Crippen molar-refractivity contribution in [1.82, 2.24) is 4.90 Å². The molecule has 0 radical (unpaired) electrons. The molecule has 2 N–H and O–H groups in total. The topological polar surface area (TPSA) is 70.7 Å². The highest BCUT2D eigenvalue weighted by Crippen LogP contribution is 2.22. The second-order valence-corrected chi connectivity index (χ2v) is 7.67. The molecular weight excluding hydrogens is 386 g/mol. The van der Waals surface area contributed by atoms with Crippen LogP contribution in [-0.4, -0.2) is 36.4 Å². The molecule has 29 heavy (non-hydrogen) atoms. The number of amides is 2. The van der Waals surface area contributed by atoms with Gasteiger partial charge in [-0.2, -0.15) is 0 Å². The van der Waals surface area contributed by atoms with Gasteiger partial charge in [0.25, 0.3) is 5.91 Å². The van der Waals surface area contributed by atoms with Gasteiger partial charge in [0, 0.05) is 30.0 Å². The number of nitrogens with zero attached hydrogens (tertiary/aromatic N) is 1. The van der Waals surface area contributed by atoms with Crippen LogP contribution in [0.5, 0.6) is 5.75 Å². The summed E-state index contributed by atoms with van der Waals surface area (Å²) < 4.78 is 5.74. The molecule has 0 atom stereocenters. The van der Waals surface area contributed by atoms with Gasteiger partial charge < -0.3 is 15.4 Å². The van der Waals surface area contributed by atoms with Crippen LogP contribution in [0.3, 0.4) is 0 Å². The molecule has 0 fully saturated rings. The smallest absolute Gasteiger partial charge is 0.265 e. The maximum Gasteiger partial charge on any atom is 0.265 e. The lowest BCUT2D eigenvalue weighted by Gasteiger charge is -2.18. The maximum absolute atomic E-state index is 12.5. The number of hydrogen-bond donors (Lipinski definition) is 2. The minimum Gasteiger partial charge on any atom is -0.492 e. The lowest BCUT2D eigenvalue weighted by Crippen LogP contribution is -2.34. The Labute approximate surface area is 173 Å². The Morgan fingerprint density at radius 3 is 2.48 bits per heavy atom. The molecule has 1 aromatic heterocycles. The summed E-state index contributed by atoms with van der Waals surface area (Å²) in [4.78, 5) is 27.3. The van der Waals surface area contributed by atoms with Crippen LogP contribution in [0, 0.1) is 0 Å². The number of fused-ring (bicyclic) bond motifs is 1. The Balaban J connectivity index is 1.31. The molecule has 1 aliphatic rings. The summed E-state index contributed by atoms with van der Waals surface area (Å²) in [6.07, 6.45) is 0. The van der Waals surface area contributed by atoms with Gasteiger partial charge in [-0.25, -0.2) is 0 Å². The largest absolute Gasteiger partial charge is 0.492 e. The molecule has 3 aromatic rings. The van der Waals surface area contributed by atoms with Gasteiger partial charge in [0.2, 0.25) is 5.91 Å². The zero-order chi connectivity index (χ0) is 20.1. The molecule has 2 aromatic carbocycles. The number of anilines is 2. The van der Waals surface area contributed by atoms with Gasteiger partial charge >= 0.3 is 0 Å². The van der Waals surface area contributed by atoms with E-state index in [9.17, 15) is 9.59 Å². The van der Waals surface area contributed by atoms with E-state index in [0.717, 1.165) is 11.3 Å². The number of nitrogens with one attached hydrogen (secondary N) is 2. The van der Waals surface area contributed by atoms with Crippen LogP contribution in [0.25, 0.3) is 0 Å². The molecule has 0 saturated carbocycles. The fourth-order valence-corrected chi connectivity index (χ4v) is 3.77. The van der Waals surface area contributed by atoms with Gasteiger partial charge in [0.1, 0.15) is 12.4 Å². The van der Waals surface area contributed by atoms with Gasteiger partial charge in [-0.1, -0.05) is 24.3 Å². The summed E-state index contributed by atoms with van der Waals surface area (Å²) in [5, 5.41) is 7.62. The van der Waals surface area contributed by atoms with Gasteiger partial charge in [0.15, 0.2) is 0 Å². The van der Waals surface area contributed by atoms with E-state index in [4.69, 9.17) is 4.74 Å². The molecule has 2 heterocycles. The third-order valence-corrected chi connectivity index (χ3v) is 5.44. The first-order chi connectivity index (χ1) is 14.2. The summed E-state index contributed by atoms with van der Waals surface area (Å²) in [7, 11) is 0. The number of hydrogen-bond acceptors (Lipinski definition) is 5. The fraction of sp³-hybridized carbons (Fsp3) is 0.182. The SMILES string of the molecule is O=C(CN1CCOc2ccccc2C1)Nc1ccc(NC(=O)c2cccs2)cc1. The Kier molecular flexibility index (Phi) is 5.88. The molecule has 6 nitrogen and oxygen atoms in total. The van der Waals surface area contributed by atoms with E-state index in [2.05, 4.69) is 15.5 Å². The minimum atomic E-state index is -0.138. The Morgan fingerprint density at radius 2 is 1.72 bits per heavy atom. The van der Waals surface area contributed by atoms with Crippen molar-refractivity contribution in [2.75, 3.05) is 30.3 Å². The van der Waals surface area contributed by atoms with Crippen LogP contribution in [0.4, 0.5) is 11.4 Å². The standard InChI is InChI=1S/C22H21N3O3S/c26-21(15-25-11-12-28-19-5-2-1-4-16(19)14-25)23-17-7-9-18(10-8-17)24-22(27)20-6-3-13-29-20/h1-10,13H,11-12,14-15H2,(H,23,26)(H,24,27). The Hall–Kier alpha value is -3.16. The lowest BCUT2D eigenvalue weighted by atomic mass is 10.2. The quantitative estimate of drug-likeness (QED) is 0.674. The molecule has 2 amide bonds. The summed E-state index contributed by atoms with van der Waals surface area (Å²) in [5.41, 5.74) is 2.46. The van der Waals surface area contributed by atoms with Crippen molar-refractivity contribution in [3.8, 4) is 5.75 Å². The van der Waals surface area contributed by atoms with Crippen LogP contribution in [0.2, 0.25) is 0 Å². The highest BCUT2D eigenvalue weighted by atomic mass is 32.1. The third-order valence-electron chi connectivity index (χ3n) is 4.57. The molecule has 0 spiro atoms. The number of para-hydroxylation sites is 1. The average molecular weight is 407 g/mol. The van der Waals surface area contributed by atoms with Crippen molar-refractivity contribution in [2.45, 2.75) is 6.54 Å². The first kappa shape index (κ1) is 19.2. The number of rotatable bonds is 5. The molecular formula is C22H21N3O3S. The van der Waals surface area contributed by atoms with Gasteiger partial charge in [-0.15, -0.1) is 11.3 Å². The second kappa shape index (κ2) is 8.89. The van der Waals surface area contributed by atoms with Gasteiger partial charge in [-0.05, 0) is 41.8 Å². The molecule has 1 aliphatic heterocycles. The van der Waals surface area contributed by atoms with Gasteiger partial charge in [-0.3, -0.25) is 14.5 Å². The summed E-state index contributed by atoms with van der Waals surface area (Å²) in [6.45, 7) is 2.21. The van der Waals surface area contributed by atoms with Crippen LogP contribution in [0.15, 0.2) is 66.0 Å². The predicted octanol–water partition coefficient (Wildman–Crippen LogP) is 3.83. The monoisotopic (exact) mass is 407 g/mol. The van der Waals surface area contributed by atoms with Crippen molar-refractivity contribution in [1.29, 1.82) is 0 Å². The van der Waals surface area contributed by atoms with Crippen molar-refractivity contribution >= 4 is 34.5 Å². The number of carbonyl (C=O) groups excluding carboxylic acids is 2. The number of ether oxygens (including phenoxy) is 1. The van der Waals surface area contributed by atoms with E-state index in [1.807, 2.05) is 35.7 Å². The van der Waals surface area contributed by atoms with E-state index >= 15 is 0 Å². The van der Waals surface area contributed by atoms with Crippen molar-refractivity contribution in [3.63, 3.8) is 0 Å². The molecule has 0 bridgehead atoms. The van der Waals surface area contributed by atoms with Crippen LogP contribution >= 0.6 is 11.3 Å². The average Bonchev–Trinajstić information content (AvgIpc) is 3.18. The van der Waals surface area contributed by atoms with E-state index in [-0.39, 0.29) is 18.4 Å². The third kappa shape index (κ3) is 5.01. The molecule has 7 heteroatoms. The summed E-state index contributed by atoms with van der Waals surface area (Å²) in [6, 6.07) is 18.6. The first-order valence-electron chi connectivity index (χ1n) is 9.35. The molecule has 0 aliphatic carbocycles. The van der Waals surface area contributed by atoms with Crippen molar-refractivity contribution < 1.29 is 14.3 Å². The number of carbonyl (C=O) groups is 2. The van der Waals surface area contributed by atoms with E-state index in [1.165, 1.54) is 11.3 Å². The number of benzene rings is 2. The lowest BCUT2D eigenvalue weighted by molar-refractivity contribution is -0.117. The summed E-state index contributed by atoms with van der Waals surface area (Å²) in [5.74, 6) is 0.663. The Morgan fingerprint density at radius 1 is 0.966 bits per heavy atom. The van der Waals surface area contributed by atoms with E-state index < -0.39 is 0 Å². The maximum atomic E-state index is 12.5. The second-order valence-electron chi connectivity index (χ2n) is 6.72. The number of thiophene rings is 1. The molecule has 0 saturated heterocycles. The Bertz CT molecular complexity index is 987. The van der Waals surface area contributed by atoms with Crippen molar-refractivity contribution in [3.05, 3.63) is 76.5 Å². The zero-order valence-corrected chi connectivity index (χ0v) is 16.6. The normalized spacial score (nSPS) is 13.7. The van der Waals surface area contributed by atoms with Crippen LogP contribution in [0.1, 0.15) is 15.2 Å². The first-order valence-corrected chi connectivity index (χ1v) is 10.2. The predicted molar refractivity (Wildman–Crippen MR) is 115 cm³/mol. The van der Waals surface area contributed by atoms with E-state index in [1.54, 1.807) is 30.3 Å². The van der Waals surface area contributed by atoms with Gasteiger partial charge in [0.05, 0.1) is 11.4 Å². The van der Waals surface area contributed by atoms with Crippen LogP contribution < -0.4 is 15.4 Å². The fourth-order valence-electron chi connectivity index (χ4n) is 3.16. The minimum absolute atomic E-state index is 0.0836. The van der Waals surface area contributed by atoms with Crippen molar-refractivity contribution in [2.24, 2.45) is 0 Å². The molecule has 4 rings (SSSR count). The summed E-state index contributed by atoms with van der Waals surface area (Å²) >= 11 is 1.39. The molecule has 0 unspecified atom stereocenters. The van der Waals surface area contributed by atoms with Crippen LogP contribution in [-0.2, 0) is 11.3 Å². The molecule has 148 valence electrons. The zero-order valence-electron chi connectivity index (χ0n) is 15.8. The highest BCUT2D eigenvalue weighted by molar-refractivity contribution is 7.12. The highest BCUT2D eigenvalue weighted by Gasteiger charge is 2.17. The van der Waals surface area contributed by atoms with E-state index in [0.29, 0.717) is 35.9 Å².